The van der Waals surface area contributed by atoms with Gasteiger partial charge in [-0.15, -0.1) is 11.6 Å². The number of ether oxygens (including phenoxy) is 2. The van der Waals surface area contributed by atoms with Crippen LogP contribution in [0.2, 0.25) is 0 Å². The lowest BCUT2D eigenvalue weighted by atomic mass is 10.4. The molecule has 0 aromatic carbocycles. The van der Waals surface area contributed by atoms with Crippen molar-refractivity contribution in [2.24, 2.45) is 0 Å². The summed E-state index contributed by atoms with van der Waals surface area (Å²) in [7, 11) is 0. The second-order valence-electron chi connectivity index (χ2n) is 3.03. The molecule has 1 aromatic rings. The first-order valence-electron chi connectivity index (χ1n) is 4.19. The van der Waals surface area contributed by atoms with Crippen LogP contribution in [-0.2, 0) is 9.47 Å². The molecule has 2 heterocycles. The molecule has 4 heteroatoms. The number of rotatable bonds is 2. The molecule has 1 aliphatic heterocycles. The smallest absolute Gasteiger partial charge is 0.217 e. The highest BCUT2D eigenvalue weighted by molar-refractivity contribution is 6.18. The summed E-state index contributed by atoms with van der Waals surface area (Å²) in [5, 5.41) is 0. The summed E-state index contributed by atoms with van der Waals surface area (Å²) < 4.78 is 16.2. The SMILES string of the molecule is Cc1ccc([C@H]2OC[C@@H](CCl)O2)o1. The number of hydrogen-bond acceptors (Lipinski definition) is 3. The first kappa shape index (κ1) is 9.06. The highest BCUT2D eigenvalue weighted by Gasteiger charge is 2.28. The Balaban J connectivity index is 2.03. The van der Waals surface area contributed by atoms with Gasteiger partial charge in [0.15, 0.2) is 5.76 Å². The second kappa shape index (κ2) is 3.70. The summed E-state index contributed by atoms with van der Waals surface area (Å²) in [4.78, 5) is 0. The molecule has 1 fully saturated rings. The fraction of sp³-hybridized carbons (Fsp3) is 0.556. The van der Waals surface area contributed by atoms with E-state index in [4.69, 9.17) is 25.5 Å². The van der Waals surface area contributed by atoms with Crippen molar-refractivity contribution in [2.75, 3.05) is 12.5 Å². The summed E-state index contributed by atoms with van der Waals surface area (Å²) in [6.07, 6.45) is -0.394. The summed E-state index contributed by atoms with van der Waals surface area (Å²) in [6.45, 7) is 2.42. The maximum atomic E-state index is 5.63. The molecule has 1 aromatic heterocycles. The van der Waals surface area contributed by atoms with E-state index in [2.05, 4.69) is 0 Å². The quantitative estimate of drug-likeness (QED) is 0.690. The van der Waals surface area contributed by atoms with Crippen LogP contribution < -0.4 is 0 Å². The van der Waals surface area contributed by atoms with Crippen molar-refractivity contribution in [2.45, 2.75) is 19.3 Å². The third-order valence-corrected chi connectivity index (χ3v) is 2.26. The molecule has 0 amide bonds. The number of halogens is 1. The minimum absolute atomic E-state index is 0.0166. The third kappa shape index (κ3) is 1.88. The monoisotopic (exact) mass is 202 g/mol. The van der Waals surface area contributed by atoms with Gasteiger partial charge >= 0.3 is 0 Å². The fourth-order valence-electron chi connectivity index (χ4n) is 1.26. The Bertz CT molecular complexity index is 284. The molecule has 2 rings (SSSR count). The molecule has 0 bridgehead atoms. The average Bonchev–Trinajstić information content (AvgIpc) is 2.71. The van der Waals surface area contributed by atoms with Crippen LogP contribution in [0.15, 0.2) is 16.5 Å². The van der Waals surface area contributed by atoms with Gasteiger partial charge in [-0.2, -0.15) is 0 Å². The number of hydrogen-bond donors (Lipinski definition) is 0. The van der Waals surface area contributed by atoms with E-state index in [9.17, 15) is 0 Å². The van der Waals surface area contributed by atoms with Crippen molar-refractivity contribution in [1.82, 2.24) is 0 Å². The Hall–Kier alpha value is -0.510. The molecule has 72 valence electrons. The van der Waals surface area contributed by atoms with Crippen LogP contribution in [0.25, 0.3) is 0 Å². The van der Waals surface area contributed by atoms with Crippen LogP contribution in [0.1, 0.15) is 17.8 Å². The largest absolute Gasteiger partial charge is 0.461 e. The summed E-state index contributed by atoms with van der Waals surface area (Å²) >= 11 is 5.63. The first-order valence-corrected chi connectivity index (χ1v) is 4.72. The standard InChI is InChI=1S/C9H11ClO3/c1-6-2-3-8(12-6)9-11-5-7(4-10)13-9/h2-3,7,9H,4-5H2,1H3/t7-,9+/m1/s1. The third-order valence-electron chi connectivity index (χ3n) is 1.92. The van der Waals surface area contributed by atoms with Crippen LogP contribution in [0.5, 0.6) is 0 Å². The average molecular weight is 203 g/mol. The van der Waals surface area contributed by atoms with Gasteiger partial charge < -0.3 is 13.9 Å². The van der Waals surface area contributed by atoms with Crippen molar-refractivity contribution in [1.29, 1.82) is 0 Å². The molecule has 0 spiro atoms. The van der Waals surface area contributed by atoms with E-state index in [1.54, 1.807) is 0 Å². The van der Waals surface area contributed by atoms with Gasteiger partial charge in [0.2, 0.25) is 6.29 Å². The van der Waals surface area contributed by atoms with Crippen LogP contribution >= 0.6 is 11.6 Å². The minimum atomic E-state index is -0.377. The van der Waals surface area contributed by atoms with Gasteiger partial charge in [0.1, 0.15) is 5.76 Å². The zero-order valence-electron chi connectivity index (χ0n) is 7.33. The van der Waals surface area contributed by atoms with E-state index < -0.39 is 0 Å². The molecule has 1 aliphatic rings. The lowest BCUT2D eigenvalue weighted by molar-refractivity contribution is -0.0710. The normalized spacial score (nSPS) is 28.2. The molecular formula is C9H11ClO3. The number of aryl methyl sites for hydroxylation is 1. The molecule has 1 saturated heterocycles. The Morgan fingerprint density at radius 2 is 2.38 bits per heavy atom. The molecule has 0 saturated carbocycles. The summed E-state index contributed by atoms with van der Waals surface area (Å²) in [5.41, 5.74) is 0. The van der Waals surface area contributed by atoms with Gasteiger partial charge in [-0.05, 0) is 19.1 Å². The molecule has 3 nitrogen and oxygen atoms in total. The zero-order valence-corrected chi connectivity index (χ0v) is 8.08. The van der Waals surface area contributed by atoms with E-state index >= 15 is 0 Å². The van der Waals surface area contributed by atoms with Crippen molar-refractivity contribution in [3.8, 4) is 0 Å². The van der Waals surface area contributed by atoms with Crippen LogP contribution in [0.4, 0.5) is 0 Å². The Kier molecular flexibility index (Phi) is 2.58. The number of alkyl halides is 1. The van der Waals surface area contributed by atoms with Crippen molar-refractivity contribution in [3.63, 3.8) is 0 Å². The van der Waals surface area contributed by atoms with Gasteiger partial charge in [0, 0.05) is 0 Å². The van der Waals surface area contributed by atoms with Crippen molar-refractivity contribution >= 4 is 11.6 Å². The van der Waals surface area contributed by atoms with Gasteiger partial charge in [-0.25, -0.2) is 0 Å². The minimum Gasteiger partial charge on any atom is -0.461 e. The highest BCUT2D eigenvalue weighted by Crippen LogP contribution is 2.28. The van der Waals surface area contributed by atoms with E-state index in [0.717, 1.165) is 5.76 Å². The van der Waals surface area contributed by atoms with Gasteiger partial charge in [0.05, 0.1) is 18.6 Å². The second-order valence-corrected chi connectivity index (χ2v) is 3.33. The Labute approximate surface area is 81.6 Å². The van der Waals surface area contributed by atoms with Crippen LogP contribution in [0.3, 0.4) is 0 Å². The Morgan fingerprint density at radius 3 is 2.92 bits per heavy atom. The van der Waals surface area contributed by atoms with E-state index in [-0.39, 0.29) is 12.4 Å². The lowest BCUT2D eigenvalue weighted by Crippen LogP contribution is -2.10. The van der Waals surface area contributed by atoms with Crippen molar-refractivity contribution < 1.29 is 13.9 Å². The Morgan fingerprint density at radius 1 is 1.54 bits per heavy atom. The maximum absolute atomic E-state index is 5.63. The summed E-state index contributed by atoms with van der Waals surface area (Å²) in [5.74, 6) is 2.03. The molecule has 13 heavy (non-hydrogen) atoms. The first-order chi connectivity index (χ1) is 6.29. The topological polar surface area (TPSA) is 31.6 Å². The number of furan rings is 1. The van der Waals surface area contributed by atoms with Crippen LogP contribution in [0, 0.1) is 6.92 Å². The van der Waals surface area contributed by atoms with Gasteiger partial charge in [0.25, 0.3) is 0 Å². The zero-order chi connectivity index (χ0) is 9.26. The lowest BCUT2D eigenvalue weighted by Gasteiger charge is -2.06. The molecular weight excluding hydrogens is 192 g/mol. The maximum Gasteiger partial charge on any atom is 0.217 e. The molecule has 2 atom stereocenters. The highest BCUT2D eigenvalue weighted by atomic mass is 35.5. The van der Waals surface area contributed by atoms with Gasteiger partial charge in [-0.1, -0.05) is 0 Å². The summed E-state index contributed by atoms with van der Waals surface area (Å²) in [6, 6.07) is 3.74. The van der Waals surface area contributed by atoms with E-state index in [1.165, 1.54) is 0 Å². The fourth-order valence-corrected chi connectivity index (χ4v) is 1.42. The molecule has 0 N–H and O–H groups in total. The molecule has 0 unspecified atom stereocenters. The van der Waals surface area contributed by atoms with E-state index in [0.29, 0.717) is 18.2 Å². The predicted molar refractivity (Wildman–Crippen MR) is 47.7 cm³/mol. The molecule has 0 aliphatic carbocycles. The van der Waals surface area contributed by atoms with Crippen LogP contribution in [-0.4, -0.2) is 18.6 Å². The van der Waals surface area contributed by atoms with Crippen molar-refractivity contribution in [3.05, 3.63) is 23.7 Å². The van der Waals surface area contributed by atoms with E-state index in [1.807, 2.05) is 19.1 Å². The predicted octanol–water partition coefficient (Wildman–Crippen LogP) is 2.24. The van der Waals surface area contributed by atoms with Gasteiger partial charge in [-0.3, -0.25) is 0 Å². The molecule has 0 radical (unpaired) electrons.